The van der Waals surface area contributed by atoms with Gasteiger partial charge in [0.2, 0.25) is 5.91 Å². The number of carbonyl (C=O) groups excluding carboxylic acids is 1. The van der Waals surface area contributed by atoms with Crippen LogP contribution >= 0.6 is 0 Å². The van der Waals surface area contributed by atoms with Gasteiger partial charge >= 0.3 is 0 Å². The number of aryl methyl sites for hydroxylation is 2. The fourth-order valence-electron chi connectivity index (χ4n) is 1.51. The van der Waals surface area contributed by atoms with Gasteiger partial charge in [0, 0.05) is 19.3 Å². The standard InChI is InChI=1S/C12H22N4O/c1-5-9(3)13-7-12(17)14-11-8-16(4)15-10(11)6-2/h8-9,13H,5-7H2,1-4H3,(H,14,17). The summed E-state index contributed by atoms with van der Waals surface area (Å²) in [6.07, 6.45) is 3.66. The predicted molar refractivity (Wildman–Crippen MR) is 69.0 cm³/mol. The summed E-state index contributed by atoms with van der Waals surface area (Å²) in [6.45, 7) is 6.52. The van der Waals surface area contributed by atoms with Gasteiger partial charge in [-0.05, 0) is 19.8 Å². The SMILES string of the molecule is CCc1nn(C)cc1NC(=O)CNC(C)CC. The van der Waals surface area contributed by atoms with E-state index < -0.39 is 0 Å². The molecule has 1 rings (SSSR count). The van der Waals surface area contributed by atoms with Crippen LogP contribution in [0.1, 0.15) is 32.9 Å². The third kappa shape index (κ3) is 4.19. The van der Waals surface area contributed by atoms with Gasteiger partial charge in [-0.2, -0.15) is 5.10 Å². The molecule has 0 radical (unpaired) electrons. The fraction of sp³-hybridized carbons (Fsp3) is 0.667. The molecule has 0 fully saturated rings. The number of nitrogens with zero attached hydrogens (tertiary/aromatic N) is 2. The molecule has 5 heteroatoms. The van der Waals surface area contributed by atoms with Crippen molar-refractivity contribution in [3.8, 4) is 0 Å². The average molecular weight is 238 g/mol. The van der Waals surface area contributed by atoms with E-state index in [1.54, 1.807) is 4.68 Å². The van der Waals surface area contributed by atoms with Gasteiger partial charge in [-0.25, -0.2) is 0 Å². The number of carbonyl (C=O) groups is 1. The Kier molecular flexibility index (Phi) is 5.15. The van der Waals surface area contributed by atoms with Crippen LogP contribution in [0.15, 0.2) is 6.20 Å². The maximum absolute atomic E-state index is 11.7. The molecule has 0 aliphatic heterocycles. The van der Waals surface area contributed by atoms with Crippen molar-refractivity contribution in [2.75, 3.05) is 11.9 Å². The summed E-state index contributed by atoms with van der Waals surface area (Å²) in [5, 5.41) is 10.3. The van der Waals surface area contributed by atoms with E-state index in [0.29, 0.717) is 12.6 Å². The molecule has 1 amide bonds. The fourth-order valence-corrected chi connectivity index (χ4v) is 1.51. The molecule has 1 aromatic heterocycles. The Labute approximate surface area is 103 Å². The second kappa shape index (κ2) is 6.39. The lowest BCUT2D eigenvalue weighted by Crippen LogP contribution is -2.34. The highest BCUT2D eigenvalue weighted by atomic mass is 16.1. The molecule has 1 heterocycles. The van der Waals surface area contributed by atoms with Crippen LogP contribution in [0.4, 0.5) is 5.69 Å². The average Bonchev–Trinajstić information content (AvgIpc) is 2.66. The lowest BCUT2D eigenvalue weighted by Gasteiger charge is -2.10. The first-order valence-electron chi connectivity index (χ1n) is 6.12. The first-order valence-corrected chi connectivity index (χ1v) is 6.12. The van der Waals surface area contributed by atoms with Crippen LogP contribution in [0.5, 0.6) is 0 Å². The summed E-state index contributed by atoms with van der Waals surface area (Å²) in [7, 11) is 1.85. The van der Waals surface area contributed by atoms with Crippen LogP contribution < -0.4 is 10.6 Å². The molecule has 0 saturated heterocycles. The minimum Gasteiger partial charge on any atom is -0.322 e. The van der Waals surface area contributed by atoms with Crippen molar-refractivity contribution < 1.29 is 4.79 Å². The Morgan fingerprint density at radius 2 is 2.24 bits per heavy atom. The van der Waals surface area contributed by atoms with Gasteiger partial charge in [0.1, 0.15) is 0 Å². The molecule has 0 aliphatic rings. The molecule has 0 bridgehead atoms. The number of nitrogens with one attached hydrogen (secondary N) is 2. The molecule has 1 unspecified atom stereocenters. The van der Waals surface area contributed by atoms with Crippen molar-refractivity contribution in [1.82, 2.24) is 15.1 Å². The van der Waals surface area contributed by atoms with Crippen LogP contribution in [-0.2, 0) is 18.3 Å². The number of amides is 1. The summed E-state index contributed by atoms with van der Waals surface area (Å²) in [5.41, 5.74) is 1.73. The Morgan fingerprint density at radius 1 is 1.53 bits per heavy atom. The predicted octanol–water partition coefficient (Wildman–Crippen LogP) is 1.31. The van der Waals surface area contributed by atoms with Gasteiger partial charge < -0.3 is 10.6 Å². The lowest BCUT2D eigenvalue weighted by atomic mass is 10.2. The molecular weight excluding hydrogens is 216 g/mol. The van der Waals surface area contributed by atoms with E-state index in [4.69, 9.17) is 0 Å². The lowest BCUT2D eigenvalue weighted by molar-refractivity contribution is -0.115. The summed E-state index contributed by atoms with van der Waals surface area (Å²) >= 11 is 0. The molecule has 17 heavy (non-hydrogen) atoms. The maximum Gasteiger partial charge on any atom is 0.238 e. The second-order valence-corrected chi connectivity index (χ2v) is 4.26. The van der Waals surface area contributed by atoms with E-state index in [-0.39, 0.29) is 5.91 Å². The van der Waals surface area contributed by atoms with Crippen molar-refractivity contribution in [1.29, 1.82) is 0 Å². The number of hydrogen-bond acceptors (Lipinski definition) is 3. The summed E-state index contributed by atoms with van der Waals surface area (Å²) < 4.78 is 1.72. The molecule has 0 spiro atoms. The van der Waals surface area contributed by atoms with Crippen LogP contribution in [-0.4, -0.2) is 28.3 Å². The zero-order chi connectivity index (χ0) is 12.8. The minimum atomic E-state index is -0.0204. The van der Waals surface area contributed by atoms with Gasteiger partial charge in [-0.15, -0.1) is 0 Å². The van der Waals surface area contributed by atoms with Gasteiger partial charge in [-0.1, -0.05) is 13.8 Å². The van der Waals surface area contributed by atoms with E-state index in [9.17, 15) is 4.79 Å². The van der Waals surface area contributed by atoms with E-state index in [1.807, 2.05) is 20.2 Å². The highest BCUT2D eigenvalue weighted by molar-refractivity contribution is 5.92. The van der Waals surface area contributed by atoms with Crippen molar-refractivity contribution in [2.45, 2.75) is 39.7 Å². The third-order valence-electron chi connectivity index (χ3n) is 2.74. The van der Waals surface area contributed by atoms with Crippen molar-refractivity contribution in [3.05, 3.63) is 11.9 Å². The van der Waals surface area contributed by atoms with Crippen molar-refractivity contribution in [2.24, 2.45) is 7.05 Å². The first-order chi connectivity index (χ1) is 8.06. The van der Waals surface area contributed by atoms with E-state index in [2.05, 4.69) is 29.6 Å². The molecule has 1 atom stereocenters. The molecule has 0 saturated carbocycles. The van der Waals surface area contributed by atoms with Crippen molar-refractivity contribution >= 4 is 11.6 Å². The molecule has 2 N–H and O–H groups in total. The number of aromatic nitrogens is 2. The smallest absolute Gasteiger partial charge is 0.238 e. The molecule has 1 aromatic rings. The normalized spacial score (nSPS) is 12.5. The van der Waals surface area contributed by atoms with Crippen LogP contribution in [0, 0.1) is 0 Å². The van der Waals surface area contributed by atoms with Gasteiger partial charge in [0.25, 0.3) is 0 Å². The molecule has 5 nitrogen and oxygen atoms in total. The van der Waals surface area contributed by atoms with Gasteiger partial charge in [0.05, 0.1) is 17.9 Å². The largest absolute Gasteiger partial charge is 0.322 e. The zero-order valence-corrected chi connectivity index (χ0v) is 11.1. The number of anilines is 1. The molecule has 0 aromatic carbocycles. The Morgan fingerprint density at radius 3 is 2.82 bits per heavy atom. The Balaban J connectivity index is 2.50. The van der Waals surface area contributed by atoms with E-state index in [0.717, 1.165) is 24.2 Å². The summed E-state index contributed by atoms with van der Waals surface area (Å²) in [5.74, 6) is -0.0204. The third-order valence-corrected chi connectivity index (χ3v) is 2.74. The summed E-state index contributed by atoms with van der Waals surface area (Å²) in [6, 6.07) is 0.361. The maximum atomic E-state index is 11.7. The zero-order valence-electron chi connectivity index (χ0n) is 11.1. The minimum absolute atomic E-state index is 0.0204. The van der Waals surface area contributed by atoms with E-state index in [1.165, 1.54) is 0 Å². The molecular formula is C12H22N4O. The van der Waals surface area contributed by atoms with Gasteiger partial charge in [0.15, 0.2) is 0 Å². The highest BCUT2D eigenvalue weighted by Crippen LogP contribution is 2.13. The highest BCUT2D eigenvalue weighted by Gasteiger charge is 2.09. The van der Waals surface area contributed by atoms with Gasteiger partial charge in [-0.3, -0.25) is 9.48 Å². The first kappa shape index (κ1) is 13.7. The number of hydrogen-bond donors (Lipinski definition) is 2. The van der Waals surface area contributed by atoms with Crippen LogP contribution in [0.2, 0.25) is 0 Å². The van der Waals surface area contributed by atoms with E-state index >= 15 is 0 Å². The van der Waals surface area contributed by atoms with Crippen LogP contribution in [0.3, 0.4) is 0 Å². The Hall–Kier alpha value is -1.36. The summed E-state index contributed by atoms with van der Waals surface area (Å²) in [4.78, 5) is 11.7. The topological polar surface area (TPSA) is 59.0 Å². The molecule has 96 valence electrons. The number of rotatable bonds is 6. The quantitative estimate of drug-likeness (QED) is 0.785. The van der Waals surface area contributed by atoms with Crippen molar-refractivity contribution in [3.63, 3.8) is 0 Å². The van der Waals surface area contributed by atoms with Crippen LogP contribution in [0.25, 0.3) is 0 Å². The second-order valence-electron chi connectivity index (χ2n) is 4.26. The monoisotopic (exact) mass is 238 g/mol. The molecule has 0 aliphatic carbocycles. The Bertz CT molecular complexity index is 373.